The standard InChI is InChI=1S/C10H13NO2S/c1-2-11-10(13)6-5-8(12)9-4-3-7-14-9/h3-4,7H,2,5-6H2,1H3,(H,11,13). The molecule has 76 valence electrons. The number of carbonyl (C=O) groups is 2. The number of thiophene rings is 1. The van der Waals surface area contributed by atoms with E-state index in [1.54, 1.807) is 6.07 Å². The molecule has 0 aliphatic carbocycles. The Morgan fingerprint density at radius 2 is 2.21 bits per heavy atom. The van der Waals surface area contributed by atoms with Crippen molar-refractivity contribution >= 4 is 23.0 Å². The topological polar surface area (TPSA) is 46.2 Å². The van der Waals surface area contributed by atoms with Crippen molar-refractivity contribution in [3.63, 3.8) is 0 Å². The molecule has 0 aliphatic heterocycles. The van der Waals surface area contributed by atoms with Crippen molar-refractivity contribution in [1.29, 1.82) is 0 Å². The molecule has 0 spiro atoms. The summed E-state index contributed by atoms with van der Waals surface area (Å²) in [6.07, 6.45) is 0.580. The summed E-state index contributed by atoms with van der Waals surface area (Å²) >= 11 is 1.41. The van der Waals surface area contributed by atoms with Crippen LogP contribution in [0.3, 0.4) is 0 Å². The lowest BCUT2D eigenvalue weighted by molar-refractivity contribution is -0.120. The van der Waals surface area contributed by atoms with E-state index in [1.165, 1.54) is 11.3 Å². The maximum atomic E-state index is 11.4. The van der Waals surface area contributed by atoms with Crippen molar-refractivity contribution in [3.05, 3.63) is 22.4 Å². The van der Waals surface area contributed by atoms with Crippen LogP contribution in [0.2, 0.25) is 0 Å². The first kappa shape index (κ1) is 10.9. The number of amides is 1. The zero-order valence-electron chi connectivity index (χ0n) is 8.08. The van der Waals surface area contributed by atoms with E-state index in [1.807, 2.05) is 18.4 Å². The molecule has 0 fully saturated rings. The molecule has 0 aromatic carbocycles. The van der Waals surface area contributed by atoms with Crippen molar-refractivity contribution < 1.29 is 9.59 Å². The van der Waals surface area contributed by atoms with E-state index >= 15 is 0 Å². The zero-order valence-corrected chi connectivity index (χ0v) is 8.89. The molecular formula is C10H13NO2S. The second-order valence-corrected chi connectivity index (χ2v) is 3.80. The van der Waals surface area contributed by atoms with Crippen LogP contribution < -0.4 is 5.32 Å². The van der Waals surface area contributed by atoms with Gasteiger partial charge in [0.1, 0.15) is 0 Å². The van der Waals surface area contributed by atoms with Gasteiger partial charge in [0.05, 0.1) is 4.88 Å². The summed E-state index contributed by atoms with van der Waals surface area (Å²) in [5.74, 6) is -0.0105. The lowest BCUT2D eigenvalue weighted by Gasteiger charge is -1.99. The van der Waals surface area contributed by atoms with E-state index in [0.29, 0.717) is 13.0 Å². The number of hydrogen-bond acceptors (Lipinski definition) is 3. The van der Waals surface area contributed by atoms with Gasteiger partial charge in [-0.1, -0.05) is 6.07 Å². The largest absolute Gasteiger partial charge is 0.356 e. The van der Waals surface area contributed by atoms with Crippen LogP contribution in [0.1, 0.15) is 29.4 Å². The first-order valence-corrected chi connectivity index (χ1v) is 5.45. The first-order chi connectivity index (χ1) is 6.74. The monoisotopic (exact) mass is 211 g/mol. The Bertz CT molecular complexity index is 306. The lowest BCUT2D eigenvalue weighted by Crippen LogP contribution is -2.22. The van der Waals surface area contributed by atoms with Crippen LogP contribution in [0, 0.1) is 0 Å². The molecule has 0 atom stereocenters. The van der Waals surface area contributed by atoms with Crippen LogP contribution >= 0.6 is 11.3 Å². The van der Waals surface area contributed by atoms with Gasteiger partial charge in [-0.05, 0) is 18.4 Å². The quantitative estimate of drug-likeness (QED) is 0.755. The lowest BCUT2D eigenvalue weighted by atomic mass is 10.2. The van der Waals surface area contributed by atoms with E-state index in [-0.39, 0.29) is 18.1 Å². The van der Waals surface area contributed by atoms with Crippen molar-refractivity contribution in [1.82, 2.24) is 5.32 Å². The average Bonchev–Trinajstić information content (AvgIpc) is 2.67. The third kappa shape index (κ3) is 3.30. The average molecular weight is 211 g/mol. The van der Waals surface area contributed by atoms with E-state index in [0.717, 1.165) is 4.88 Å². The SMILES string of the molecule is CCNC(=O)CCC(=O)c1cccs1. The molecule has 0 saturated carbocycles. The minimum absolute atomic E-state index is 0.0475. The van der Waals surface area contributed by atoms with Crippen LogP contribution in [-0.2, 0) is 4.79 Å². The third-order valence-corrected chi connectivity index (χ3v) is 2.66. The molecule has 1 aromatic heterocycles. The Balaban J connectivity index is 2.32. The smallest absolute Gasteiger partial charge is 0.220 e. The Hall–Kier alpha value is -1.16. The van der Waals surface area contributed by atoms with Crippen LogP contribution in [0.5, 0.6) is 0 Å². The summed E-state index contributed by atoms with van der Waals surface area (Å²) in [6.45, 7) is 2.48. The van der Waals surface area contributed by atoms with E-state index in [2.05, 4.69) is 5.32 Å². The highest BCUT2D eigenvalue weighted by Gasteiger charge is 2.08. The predicted molar refractivity (Wildman–Crippen MR) is 56.6 cm³/mol. The maximum Gasteiger partial charge on any atom is 0.220 e. The number of carbonyl (C=O) groups excluding carboxylic acids is 2. The molecule has 1 aromatic rings. The fourth-order valence-electron chi connectivity index (χ4n) is 1.07. The minimum atomic E-state index is -0.0580. The molecular weight excluding hydrogens is 198 g/mol. The Kier molecular flexibility index (Phi) is 4.32. The summed E-state index contributed by atoms with van der Waals surface area (Å²) in [5.41, 5.74) is 0. The summed E-state index contributed by atoms with van der Waals surface area (Å²) < 4.78 is 0. The first-order valence-electron chi connectivity index (χ1n) is 4.57. The highest BCUT2D eigenvalue weighted by atomic mass is 32.1. The third-order valence-electron chi connectivity index (χ3n) is 1.75. The van der Waals surface area contributed by atoms with Crippen molar-refractivity contribution in [3.8, 4) is 0 Å². The summed E-state index contributed by atoms with van der Waals surface area (Å²) in [7, 11) is 0. The van der Waals surface area contributed by atoms with Gasteiger partial charge in [0, 0.05) is 19.4 Å². The van der Waals surface area contributed by atoms with Crippen molar-refractivity contribution in [2.45, 2.75) is 19.8 Å². The number of rotatable bonds is 5. The summed E-state index contributed by atoms with van der Waals surface area (Å²) in [4.78, 5) is 23.2. The van der Waals surface area contributed by atoms with Crippen molar-refractivity contribution in [2.75, 3.05) is 6.54 Å². The summed E-state index contributed by atoms with van der Waals surface area (Å²) in [5, 5.41) is 4.52. The van der Waals surface area contributed by atoms with Crippen LogP contribution in [0.15, 0.2) is 17.5 Å². The molecule has 1 N–H and O–H groups in total. The maximum absolute atomic E-state index is 11.4. The number of Topliss-reactive ketones (excluding diaryl/α,β-unsaturated/α-hetero) is 1. The Morgan fingerprint density at radius 3 is 2.79 bits per heavy atom. The van der Waals surface area contributed by atoms with Crippen LogP contribution in [-0.4, -0.2) is 18.2 Å². The van der Waals surface area contributed by atoms with Gasteiger partial charge < -0.3 is 5.32 Å². The fraction of sp³-hybridized carbons (Fsp3) is 0.400. The molecule has 1 rings (SSSR count). The molecule has 0 saturated heterocycles. The molecule has 14 heavy (non-hydrogen) atoms. The molecule has 0 bridgehead atoms. The van der Waals surface area contributed by atoms with E-state index < -0.39 is 0 Å². The zero-order chi connectivity index (χ0) is 10.4. The van der Waals surface area contributed by atoms with Gasteiger partial charge in [-0.3, -0.25) is 9.59 Å². The van der Waals surface area contributed by atoms with Crippen LogP contribution in [0.25, 0.3) is 0 Å². The Labute approximate surface area is 87.1 Å². The van der Waals surface area contributed by atoms with Gasteiger partial charge in [-0.15, -0.1) is 11.3 Å². The molecule has 3 nitrogen and oxygen atoms in total. The second kappa shape index (κ2) is 5.54. The molecule has 1 heterocycles. The number of nitrogens with one attached hydrogen (secondary N) is 1. The number of hydrogen-bond donors (Lipinski definition) is 1. The molecule has 0 aliphatic rings. The summed E-state index contributed by atoms with van der Waals surface area (Å²) in [6, 6.07) is 3.62. The fourth-order valence-corrected chi connectivity index (χ4v) is 1.77. The van der Waals surface area contributed by atoms with Gasteiger partial charge in [-0.25, -0.2) is 0 Å². The van der Waals surface area contributed by atoms with Gasteiger partial charge in [0.15, 0.2) is 5.78 Å². The van der Waals surface area contributed by atoms with Gasteiger partial charge >= 0.3 is 0 Å². The molecule has 0 unspecified atom stereocenters. The van der Waals surface area contributed by atoms with E-state index in [9.17, 15) is 9.59 Å². The normalized spacial score (nSPS) is 9.79. The van der Waals surface area contributed by atoms with E-state index in [4.69, 9.17) is 0 Å². The predicted octanol–water partition coefficient (Wildman–Crippen LogP) is 1.85. The Morgan fingerprint density at radius 1 is 1.43 bits per heavy atom. The molecule has 4 heteroatoms. The van der Waals surface area contributed by atoms with Crippen molar-refractivity contribution in [2.24, 2.45) is 0 Å². The molecule has 0 radical (unpaired) electrons. The number of ketones is 1. The molecule has 1 amide bonds. The van der Waals surface area contributed by atoms with Gasteiger partial charge in [0.25, 0.3) is 0 Å². The minimum Gasteiger partial charge on any atom is -0.356 e. The van der Waals surface area contributed by atoms with Gasteiger partial charge in [-0.2, -0.15) is 0 Å². The highest BCUT2D eigenvalue weighted by Crippen LogP contribution is 2.11. The van der Waals surface area contributed by atoms with Gasteiger partial charge in [0.2, 0.25) is 5.91 Å². The highest BCUT2D eigenvalue weighted by molar-refractivity contribution is 7.12. The van der Waals surface area contributed by atoms with Crippen LogP contribution in [0.4, 0.5) is 0 Å². The second-order valence-electron chi connectivity index (χ2n) is 2.85.